The Kier molecular flexibility index (Phi) is 4.34. The average Bonchev–Trinajstić information content (AvgIpc) is 2.08. The molecule has 0 fully saturated rings. The van der Waals surface area contributed by atoms with Crippen molar-refractivity contribution in [3.05, 3.63) is 51.5 Å². The largest absolute Gasteiger partial charge is 0.0885 e. The van der Waals surface area contributed by atoms with Gasteiger partial charge in [-0.15, -0.1) is 0 Å². The normalized spacial score (nSPS) is 10.9. The number of allylic oxidation sites excluding steroid dienone is 2. The zero-order valence-corrected chi connectivity index (χ0v) is 11.2. The number of halogens is 1. The summed E-state index contributed by atoms with van der Waals surface area (Å²) in [4.78, 5) is 0. The van der Waals surface area contributed by atoms with Crippen molar-refractivity contribution < 1.29 is 0 Å². The Balaban J connectivity index is 2.94. The highest BCUT2D eigenvalue weighted by atomic mass is 79.9. The van der Waals surface area contributed by atoms with Gasteiger partial charge in [0, 0.05) is 0 Å². The van der Waals surface area contributed by atoms with Gasteiger partial charge >= 0.3 is 0 Å². The van der Waals surface area contributed by atoms with Crippen LogP contribution in [0.1, 0.15) is 28.7 Å². The molecule has 0 atom stereocenters. The summed E-state index contributed by atoms with van der Waals surface area (Å²) in [5.41, 5.74) is 5.33. The third kappa shape index (κ3) is 3.67. The van der Waals surface area contributed by atoms with Crippen LogP contribution in [0.25, 0.3) is 6.08 Å². The van der Waals surface area contributed by atoms with Crippen LogP contribution < -0.4 is 0 Å². The summed E-state index contributed by atoms with van der Waals surface area (Å²) in [5, 5.41) is 0. The smallest absolute Gasteiger partial charge is 0.00336 e. The summed E-state index contributed by atoms with van der Waals surface area (Å²) in [7, 11) is 0. The first kappa shape index (κ1) is 12.3. The molecule has 0 aliphatic rings. The van der Waals surface area contributed by atoms with Crippen molar-refractivity contribution in [2.24, 2.45) is 0 Å². The Bertz CT molecular complexity index is 377. The number of aryl methyl sites for hydroxylation is 3. The zero-order chi connectivity index (χ0) is 11.4. The molecule has 0 spiro atoms. The van der Waals surface area contributed by atoms with Gasteiger partial charge in [-0.2, -0.15) is 0 Å². The molecule has 0 unspecified atom stereocenters. The van der Waals surface area contributed by atoms with Gasteiger partial charge in [-0.25, -0.2) is 0 Å². The van der Waals surface area contributed by atoms with Crippen molar-refractivity contribution in [1.29, 1.82) is 0 Å². The average molecular weight is 265 g/mol. The van der Waals surface area contributed by atoms with Gasteiger partial charge in [-0.05, 0) is 48.4 Å². The van der Waals surface area contributed by atoms with Gasteiger partial charge in [0.15, 0.2) is 0 Å². The van der Waals surface area contributed by atoms with Crippen molar-refractivity contribution in [2.45, 2.75) is 27.2 Å². The summed E-state index contributed by atoms with van der Waals surface area (Å²) >= 11 is 3.35. The number of benzene rings is 1. The minimum Gasteiger partial charge on any atom is -0.0885 e. The predicted octanol–water partition coefficient (Wildman–Crippen LogP) is 4.92. The van der Waals surface area contributed by atoms with Crippen LogP contribution in [0.5, 0.6) is 0 Å². The van der Waals surface area contributed by atoms with Gasteiger partial charge in [-0.1, -0.05) is 52.4 Å². The molecule has 0 amide bonds. The molecule has 0 aliphatic carbocycles. The first-order valence-electron chi connectivity index (χ1n) is 5.08. The molecule has 0 radical (unpaired) electrons. The Morgan fingerprint density at radius 2 is 1.80 bits per heavy atom. The fourth-order valence-electron chi connectivity index (χ4n) is 1.76. The summed E-state index contributed by atoms with van der Waals surface area (Å²) in [5.74, 6) is 0. The molecule has 0 saturated heterocycles. The lowest BCUT2D eigenvalue weighted by molar-refractivity contribution is 1.29. The van der Waals surface area contributed by atoms with Crippen molar-refractivity contribution >= 4 is 22.0 Å². The highest BCUT2D eigenvalue weighted by Gasteiger charge is 1.99. The van der Waals surface area contributed by atoms with E-state index in [1.807, 2.05) is 0 Å². The highest BCUT2D eigenvalue weighted by molar-refractivity contribution is 9.11. The van der Waals surface area contributed by atoms with E-state index in [0.29, 0.717) is 0 Å². The molecule has 0 saturated carbocycles. The van der Waals surface area contributed by atoms with E-state index in [1.165, 1.54) is 22.3 Å². The monoisotopic (exact) mass is 264 g/mol. The Morgan fingerprint density at radius 1 is 1.27 bits per heavy atom. The lowest BCUT2D eigenvalue weighted by Crippen LogP contribution is -1.88. The quantitative estimate of drug-likeness (QED) is 0.727. The first-order valence-corrected chi connectivity index (χ1v) is 5.87. The predicted molar refractivity (Wildman–Crippen MR) is 72.4 cm³/mol. The molecule has 80 valence electrons. The van der Waals surface area contributed by atoms with E-state index >= 15 is 0 Å². The molecule has 1 aromatic carbocycles. The molecule has 15 heavy (non-hydrogen) atoms. The summed E-state index contributed by atoms with van der Waals surface area (Å²) in [6.07, 6.45) is 5.20. The molecule has 1 rings (SSSR count). The van der Waals surface area contributed by atoms with Gasteiger partial charge in [-0.3, -0.25) is 0 Å². The van der Waals surface area contributed by atoms with E-state index in [-0.39, 0.29) is 0 Å². The van der Waals surface area contributed by atoms with E-state index in [2.05, 4.69) is 67.6 Å². The minimum atomic E-state index is 0.882. The lowest BCUT2D eigenvalue weighted by atomic mass is 9.99. The van der Waals surface area contributed by atoms with Crippen LogP contribution in [-0.2, 0) is 0 Å². The van der Waals surface area contributed by atoms with Crippen LogP contribution in [0.2, 0.25) is 0 Å². The van der Waals surface area contributed by atoms with E-state index in [0.717, 1.165) is 10.9 Å². The van der Waals surface area contributed by atoms with Crippen LogP contribution >= 0.6 is 15.9 Å². The topological polar surface area (TPSA) is 0 Å². The van der Waals surface area contributed by atoms with Gasteiger partial charge < -0.3 is 0 Å². The van der Waals surface area contributed by atoms with Crippen molar-refractivity contribution in [3.63, 3.8) is 0 Å². The van der Waals surface area contributed by atoms with Crippen molar-refractivity contribution in [1.82, 2.24) is 0 Å². The van der Waals surface area contributed by atoms with Crippen LogP contribution in [0.3, 0.4) is 0 Å². The van der Waals surface area contributed by atoms with Crippen LogP contribution in [0.4, 0.5) is 0 Å². The first-order chi connectivity index (χ1) is 7.00. The fourth-order valence-corrected chi connectivity index (χ4v) is 1.95. The molecule has 0 aromatic heterocycles. The lowest BCUT2D eigenvalue weighted by Gasteiger charge is -2.06. The van der Waals surface area contributed by atoms with Gasteiger partial charge in [0.2, 0.25) is 0 Å². The van der Waals surface area contributed by atoms with Crippen LogP contribution in [0.15, 0.2) is 29.3 Å². The molecular formula is C14H17Br. The summed E-state index contributed by atoms with van der Waals surface area (Å²) < 4.78 is 1.01. The van der Waals surface area contributed by atoms with Crippen molar-refractivity contribution in [2.75, 3.05) is 0 Å². The zero-order valence-electron chi connectivity index (χ0n) is 9.60. The Morgan fingerprint density at radius 3 is 2.27 bits per heavy atom. The summed E-state index contributed by atoms with van der Waals surface area (Å²) in [6, 6.07) is 4.44. The standard InChI is InChI=1S/C14H17Br/c1-10-8-11(2)14(12(3)9-10)7-5-6-13(4)15/h5,7-9H,4,6H2,1-3H3/b7-5+. The molecule has 1 aromatic rings. The van der Waals surface area contributed by atoms with E-state index in [4.69, 9.17) is 0 Å². The van der Waals surface area contributed by atoms with Crippen LogP contribution in [0, 0.1) is 20.8 Å². The third-order valence-corrected chi connectivity index (χ3v) is 2.69. The maximum atomic E-state index is 3.81. The molecular weight excluding hydrogens is 248 g/mol. The number of rotatable bonds is 3. The molecule has 0 nitrogen and oxygen atoms in total. The van der Waals surface area contributed by atoms with Crippen molar-refractivity contribution in [3.8, 4) is 0 Å². The highest BCUT2D eigenvalue weighted by Crippen LogP contribution is 2.19. The molecule has 0 bridgehead atoms. The maximum Gasteiger partial charge on any atom is -0.00336 e. The second-order valence-corrected chi connectivity index (χ2v) is 5.06. The Hall–Kier alpha value is -0.820. The maximum absolute atomic E-state index is 3.81. The second kappa shape index (κ2) is 5.32. The summed E-state index contributed by atoms with van der Waals surface area (Å²) in [6.45, 7) is 10.3. The SMILES string of the molecule is C=C(Br)C/C=C/c1c(C)cc(C)cc1C. The number of hydrogen-bond acceptors (Lipinski definition) is 0. The van der Waals surface area contributed by atoms with Gasteiger partial charge in [0.25, 0.3) is 0 Å². The van der Waals surface area contributed by atoms with E-state index in [1.54, 1.807) is 0 Å². The fraction of sp³-hybridized carbons (Fsp3) is 0.286. The van der Waals surface area contributed by atoms with Gasteiger partial charge in [0.1, 0.15) is 0 Å². The molecule has 0 heterocycles. The minimum absolute atomic E-state index is 0.882. The van der Waals surface area contributed by atoms with Crippen LogP contribution in [-0.4, -0.2) is 0 Å². The Labute approximate surface area is 101 Å². The molecule has 1 heteroatoms. The third-order valence-electron chi connectivity index (χ3n) is 2.36. The second-order valence-electron chi connectivity index (χ2n) is 3.94. The molecule has 0 N–H and O–H groups in total. The van der Waals surface area contributed by atoms with E-state index < -0.39 is 0 Å². The molecule has 0 aliphatic heterocycles. The number of hydrogen-bond donors (Lipinski definition) is 0. The van der Waals surface area contributed by atoms with E-state index in [9.17, 15) is 0 Å². The van der Waals surface area contributed by atoms with Gasteiger partial charge in [0.05, 0.1) is 0 Å².